The summed E-state index contributed by atoms with van der Waals surface area (Å²) in [5.74, 6) is 1.18. The number of nitrogens with zero attached hydrogens (tertiary/aromatic N) is 2. The molecular formula is C16H29N3O. The van der Waals surface area contributed by atoms with Crippen LogP contribution in [0.2, 0.25) is 0 Å². The Labute approximate surface area is 122 Å². The maximum Gasteiger partial charge on any atom is 0.0948 e. The molecule has 0 spiro atoms. The number of aromatic nitrogens is 2. The Hall–Kier alpha value is -0.870. The highest BCUT2D eigenvalue weighted by atomic mass is 16.5. The molecule has 0 bridgehead atoms. The molecule has 1 fully saturated rings. The number of hydrogen-bond donors (Lipinski definition) is 1. The lowest BCUT2D eigenvalue weighted by Gasteiger charge is -2.22. The van der Waals surface area contributed by atoms with Crippen LogP contribution >= 0.6 is 0 Å². The summed E-state index contributed by atoms with van der Waals surface area (Å²) in [5.41, 5.74) is 7.60. The molecule has 0 amide bonds. The van der Waals surface area contributed by atoms with Crippen LogP contribution in [0.25, 0.3) is 0 Å². The quantitative estimate of drug-likeness (QED) is 0.795. The summed E-state index contributed by atoms with van der Waals surface area (Å²) in [6.45, 7) is 7.22. The molecule has 1 aromatic rings. The zero-order valence-corrected chi connectivity index (χ0v) is 12.9. The number of ether oxygens (including phenoxy) is 1. The van der Waals surface area contributed by atoms with Crippen molar-refractivity contribution < 1.29 is 4.74 Å². The third-order valence-electron chi connectivity index (χ3n) is 4.56. The molecular weight excluding hydrogens is 250 g/mol. The van der Waals surface area contributed by atoms with E-state index in [1.165, 1.54) is 31.4 Å². The van der Waals surface area contributed by atoms with Gasteiger partial charge in [0.05, 0.1) is 24.7 Å². The van der Waals surface area contributed by atoms with E-state index in [1.807, 2.05) is 12.5 Å². The van der Waals surface area contributed by atoms with Crippen molar-refractivity contribution in [1.82, 2.24) is 9.55 Å². The van der Waals surface area contributed by atoms with Gasteiger partial charge in [-0.3, -0.25) is 0 Å². The van der Waals surface area contributed by atoms with Gasteiger partial charge in [0.25, 0.3) is 0 Å². The second-order valence-electron chi connectivity index (χ2n) is 6.04. The molecule has 0 saturated carbocycles. The highest BCUT2D eigenvalue weighted by molar-refractivity contribution is 5.07. The Balaban J connectivity index is 1.99. The average molecular weight is 279 g/mol. The summed E-state index contributed by atoms with van der Waals surface area (Å²) in [5, 5.41) is 0. The van der Waals surface area contributed by atoms with Gasteiger partial charge in [0, 0.05) is 25.3 Å². The van der Waals surface area contributed by atoms with Crippen molar-refractivity contribution in [2.24, 2.45) is 17.6 Å². The Morgan fingerprint density at radius 2 is 2.35 bits per heavy atom. The zero-order valence-electron chi connectivity index (χ0n) is 12.9. The van der Waals surface area contributed by atoms with E-state index in [0.717, 1.165) is 32.1 Å². The predicted octanol–water partition coefficient (Wildman–Crippen LogP) is 3.14. The topological polar surface area (TPSA) is 53.1 Å². The molecule has 2 heterocycles. The lowest BCUT2D eigenvalue weighted by molar-refractivity contribution is 0.180. The average Bonchev–Trinajstić information content (AvgIpc) is 3.13. The first-order valence-corrected chi connectivity index (χ1v) is 8.09. The highest BCUT2D eigenvalue weighted by Crippen LogP contribution is 2.27. The van der Waals surface area contributed by atoms with Crippen LogP contribution in [0.1, 0.15) is 57.7 Å². The largest absolute Gasteiger partial charge is 0.381 e. The summed E-state index contributed by atoms with van der Waals surface area (Å²) < 4.78 is 7.73. The standard InChI is InChI=1S/C16H29N3O/c1-3-5-6-13(4-2)10-19-12-18-9-15(19)16(17)14-7-8-20-11-14/h9,12-14,16H,3-8,10-11,17H2,1-2H3. The number of hydrogen-bond acceptors (Lipinski definition) is 3. The van der Waals surface area contributed by atoms with E-state index in [-0.39, 0.29) is 6.04 Å². The maximum atomic E-state index is 6.42. The molecule has 1 aromatic heterocycles. The molecule has 20 heavy (non-hydrogen) atoms. The second-order valence-corrected chi connectivity index (χ2v) is 6.04. The molecule has 0 aromatic carbocycles. The van der Waals surface area contributed by atoms with E-state index < -0.39 is 0 Å². The summed E-state index contributed by atoms with van der Waals surface area (Å²) in [4.78, 5) is 4.32. The molecule has 1 aliphatic rings. The number of rotatable bonds is 8. The van der Waals surface area contributed by atoms with Crippen molar-refractivity contribution in [1.29, 1.82) is 0 Å². The minimum absolute atomic E-state index is 0.0590. The molecule has 3 unspecified atom stereocenters. The van der Waals surface area contributed by atoms with Gasteiger partial charge in [0.2, 0.25) is 0 Å². The Kier molecular flexibility index (Phi) is 6.05. The van der Waals surface area contributed by atoms with Crippen molar-refractivity contribution >= 4 is 0 Å². The molecule has 4 nitrogen and oxygen atoms in total. The molecule has 4 heteroatoms. The van der Waals surface area contributed by atoms with Crippen LogP contribution in [-0.2, 0) is 11.3 Å². The maximum absolute atomic E-state index is 6.42. The van der Waals surface area contributed by atoms with Crippen molar-refractivity contribution in [2.75, 3.05) is 13.2 Å². The third kappa shape index (κ3) is 3.83. The van der Waals surface area contributed by atoms with Crippen molar-refractivity contribution in [3.05, 3.63) is 18.2 Å². The van der Waals surface area contributed by atoms with Gasteiger partial charge in [-0.2, -0.15) is 0 Å². The van der Waals surface area contributed by atoms with Crippen LogP contribution in [0.15, 0.2) is 12.5 Å². The minimum Gasteiger partial charge on any atom is -0.381 e. The minimum atomic E-state index is 0.0590. The third-order valence-corrected chi connectivity index (χ3v) is 4.56. The van der Waals surface area contributed by atoms with Crippen LogP contribution in [-0.4, -0.2) is 22.8 Å². The van der Waals surface area contributed by atoms with Gasteiger partial charge in [-0.25, -0.2) is 4.98 Å². The fourth-order valence-corrected chi connectivity index (χ4v) is 3.03. The monoisotopic (exact) mass is 279 g/mol. The van der Waals surface area contributed by atoms with Gasteiger partial charge in [-0.1, -0.05) is 33.1 Å². The van der Waals surface area contributed by atoms with Crippen LogP contribution in [0.5, 0.6) is 0 Å². The van der Waals surface area contributed by atoms with Crippen molar-refractivity contribution in [2.45, 2.75) is 58.5 Å². The Morgan fingerprint density at radius 3 is 3.00 bits per heavy atom. The fraction of sp³-hybridized carbons (Fsp3) is 0.812. The molecule has 2 N–H and O–H groups in total. The predicted molar refractivity (Wildman–Crippen MR) is 81.4 cm³/mol. The molecule has 1 aliphatic heterocycles. The SMILES string of the molecule is CCCCC(CC)Cn1cncc1C(N)C1CCOC1. The number of unbranched alkanes of at least 4 members (excludes halogenated alkanes) is 1. The lowest BCUT2D eigenvalue weighted by Crippen LogP contribution is -2.25. The first-order valence-electron chi connectivity index (χ1n) is 8.09. The first kappa shape index (κ1) is 15.5. The molecule has 0 radical (unpaired) electrons. The summed E-state index contributed by atoms with van der Waals surface area (Å²) in [6, 6.07) is 0.0590. The van der Waals surface area contributed by atoms with Crippen molar-refractivity contribution in [3.8, 4) is 0 Å². The van der Waals surface area contributed by atoms with E-state index in [4.69, 9.17) is 10.5 Å². The summed E-state index contributed by atoms with van der Waals surface area (Å²) in [6.07, 6.45) is 10.1. The zero-order chi connectivity index (χ0) is 14.4. The van der Waals surface area contributed by atoms with Gasteiger partial charge in [0.1, 0.15) is 0 Å². The highest BCUT2D eigenvalue weighted by Gasteiger charge is 2.26. The van der Waals surface area contributed by atoms with E-state index in [9.17, 15) is 0 Å². The van der Waals surface area contributed by atoms with E-state index in [1.54, 1.807) is 0 Å². The smallest absolute Gasteiger partial charge is 0.0948 e. The van der Waals surface area contributed by atoms with Gasteiger partial charge >= 0.3 is 0 Å². The van der Waals surface area contributed by atoms with Crippen LogP contribution in [0.4, 0.5) is 0 Å². The van der Waals surface area contributed by atoms with E-state index in [0.29, 0.717) is 5.92 Å². The van der Waals surface area contributed by atoms with E-state index >= 15 is 0 Å². The van der Waals surface area contributed by atoms with Gasteiger partial charge in [0.15, 0.2) is 0 Å². The molecule has 3 atom stereocenters. The molecule has 114 valence electrons. The Bertz CT molecular complexity index is 385. The van der Waals surface area contributed by atoms with Gasteiger partial charge in [-0.05, 0) is 18.8 Å². The molecule has 0 aliphatic carbocycles. The van der Waals surface area contributed by atoms with Crippen LogP contribution in [0.3, 0.4) is 0 Å². The summed E-state index contributed by atoms with van der Waals surface area (Å²) in [7, 11) is 0. The van der Waals surface area contributed by atoms with E-state index in [2.05, 4.69) is 23.4 Å². The van der Waals surface area contributed by atoms with Gasteiger partial charge in [-0.15, -0.1) is 0 Å². The fourth-order valence-electron chi connectivity index (χ4n) is 3.03. The van der Waals surface area contributed by atoms with Crippen LogP contribution in [0, 0.1) is 11.8 Å². The Morgan fingerprint density at radius 1 is 1.50 bits per heavy atom. The van der Waals surface area contributed by atoms with Crippen LogP contribution < -0.4 is 5.73 Å². The number of imidazole rings is 1. The summed E-state index contributed by atoms with van der Waals surface area (Å²) >= 11 is 0. The van der Waals surface area contributed by atoms with Gasteiger partial charge < -0.3 is 15.0 Å². The first-order chi connectivity index (χ1) is 9.76. The second kappa shape index (κ2) is 7.79. The normalized spacial score (nSPS) is 22.1. The van der Waals surface area contributed by atoms with Crippen molar-refractivity contribution in [3.63, 3.8) is 0 Å². The molecule has 1 saturated heterocycles. The molecule has 2 rings (SSSR count). The lowest BCUT2D eigenvalue weighted by atomic mass is 9.96. The number of nitrogens with two attached hydrogens (primary N) is 1.